The van der Waals surface area contributed by atoms with Crippen molar-refractivity contribution in [3.05, 3.63) is 72.2 Å². The molecule has 2 fully saturated rings. The zero-order valence-electron chi connectivity index (χ0n) is 19.7. The van der Waals surface area contributed by atoms with Crippen LogP contribution < -0.4 is 9.80 Å². The van der Waals surface area contributed by atoms with Crippen LogP contribution in [0.4, 0.5) is 16.0 Å². The molecule has 5 heterocycles. The van der Waals surface area contributed by atoms with E-state index in [2.05, 4.69) is 32.8 Å². The molecule has 2 aliphatic heterocycles. The Morgan fingerprint density at radius 2 is 1.80 bits per heavy atom. The van der Waals surface area contributed by atoms with E-state index in [0.717, 1.165) is 60.4 Å². The van der Waals surface area contributed by atoms with Crippen molar-refractivity contribution in [2.75, 3.05) is 62.8 Å². The van der Waals surface area contributed by atoms with Crippen molar-refractivity contribution in [2.45, 2.75) is 6.04 Å². The van der Waals surface area contributed by atoms with E-state index in [-0.39, 0.29) is 11.9 Å². The van der Waals surface area contributed by atoms with Gasteiger partial charge in [-0.15, -0.1) is 5.10 Å². The number of piperazine rings is 1. The standard InChI is InChI=1S/C26H28FN7O/c1-31-10-12-32(13-11-31)25-7-3-6-21(29-25)22-17-28-24-8-9-26(30-34(22)24)33-14-15-35-18-23(33)19-4-2-5-20(27)16-19/h2-9,16-17,23H,10-15,18H2,1H3. The molecule has 0 saturated carbocycles. The summed E-state index contributed by atoms with van der Waals surface area (Å²) < 4.78 is 21.5. The van der Waals surface area contributed by atoms with E-state index < -0.39 is 0 Å². The maximum Gasteiger partial charge on any atom is 0.154 e. The zero-order valence-corrected chi connectivity index (χ0v) is 19.7. The highest BCUT2D eigenvalue weighted by Gasteiger charge is 2.27. The molecule has 0 spiro atoms. The summed E-state index contributed by atoms with van der Waals surface area (Å²) in [7, 11) is 2.15. The molecule has 1 atom stereocenters. The minimum atomic E-state index is -0.250. The summed E-state index contributed by atoms with van der Waals surface area (Å²) >= 11 is 0. The molecular formula is C26H28FN7O. The highest BCUT2D eigenvalue weighted by Crippen LogP contribution is 2.30. The number of likely N-dealkylation sites (N-methyl/N-ethyl adjacent to an activating group) is 1. The first-order chi connectivity index (χ1) is 17.2. The average molecular weight is 474 g/mol. The van der Waals surface area contributed by atoms with Gasteiger partial charge in [-0.25, -0.2) is 18.9 Å². The molecule has 35 heavy (non-hydrogen) atoms. The molecule has 6 rings (SSSR count). The average Bonchev–Trinajstić information content (AvgIpc) is 3.33. The van der Waals surface area contributed by atoms with Crippen molar-refractivity contribution >= 4 is 17.3 Å². The lowest BCUT2D eigenvalue weighted by atomic mass is 10.0. The predicted octanol–water partition coefficient (Wildman–Crippen LogP) is 3.26. The van der Waals surface area contributed by atoms with E-state index in [1.165, 1.54) is 6.07 Å². The summed E-state index contributed by atoms with van der Waals surface area (Å²) in [6.07, 6.45) is 1.82. The van der Waals surface area contributed by atoms with Gasteiger partial charge in [0.05, 0.1) is 31.1 Å². The largest absolute Gasteiger partial charge is 0.377 e. The van der Waals surface area contributed by atoms with Crippen LogP contribution in [-0.4, -0.2) is 77.5 Å². The van der Waals surface area contributed by atoms with Gasteiger partial charge in [-0.3, -0.25) is 0 Å². The van der Waals surface area contributed by atoms with Crippen LogP contribution in [0.3, 0.4) is 0 Å². The summed E-state index contributed by atoms with van der Waals surface area (Å²) in [5, 5.41) is 4.96. The number of nitrogens with zero attached hydrogens (tertiary/aromatic N) is 7. The Kier molecular flexibility index (Phi) is 5.79. The Hall–Kier alpha value is -3.56. The molecule has 0 radical (unpaired) electrons. The number of pyridine rings is 1. The Morgan fingerprint density at radius 3 is 2.66 bits per heavy atom. The number of rotatable bonds is 4. The van der Waals surface area contributed by atoms with E-state index >= 15 is 0 Å². The highest BCUT2D eigenvalue weighted by molar-refractivity contribution is 5.62. The number of hydrogen-bond donors (Lipinski definition) is 0. The van der Waals surface area contributed by atoms with Gasteiger partial charge in [0, 0.05) is 32.7 Å². The Balaban J connectivity index is 1.34. The molecule has 0 aliphatic carbocycles. The summed E-state index contributed by atoms with van der Waals surface area (Å²) in [6.45, 7) is 5.71. The Bertz CT molecular complexity index is 1330. The second kappa shape index (κ2) is 9.24. The van der Waals surface area contributed by atoms with Gasteiger partial charge in [0.25, 0.3) is 0 Å². The van der Waals surface area contributed by atoms with Crippen LogP contribution in [-0.2, 0) is 4.74 Å². The van der Waals surface area contributed by atoms with Crippen LogP contribution in [0.5, 0.6) is 0 Å². The topological polar surface area (TPSA) is 62.0 Å². The second-order valence-electron chi connectivity index (χ2n) is 9.12. The third-order valence-electron chi connectivity index (χ3n) is 6.83. The highest BCUT2D eigenvalue weighted by atomic mass is 19.1. The van der Waals surface area contributed by atoms with Gasteiger partial charge >= 0.3 is 0 Å². The molecule has 180 valence electrons. The van der Waals surface area contributed by atoms with Crippen molar-refractivity contribution in [3.63, 3.8) is 0 Å². The van der Waals surface area contributed by atoms with Crippen LogP contribution in [0.15, 0.2) is 60.8 Å². The van der Waals surface area contributed by atoms with E-state index in [0.29, 0.717) is 19.8 Å². The quantitative estimate of drug-likeness (QED) is 0.451. The first-order valence-electron chi connectivity index (χ1n) is 12.0. The van der Waals surface area contributed by atoms with Crippen LogP contribution >= 0.6 is 0 Å². The fourth-order valence-corrected chi connectivity index (χ4v) is 4.84. The number of ether oxygens (including phenoxy) is 1. The number of halogens is 1. The third-order valence-corrected chi connectivity index (χ3v) is 6.83. The van der Waals surface area contributed by atoms with Crippen molar-refractivity contribution in [2.24, 2.45) is 0 Å². The first kappa shape index (κ1) is 21.9. The fraction of sp³-hybridized carbons (Fsp3) is 0.346. The molecule has 0 N–H and O–H groups in total. The molecule has 8 nitrogen and oxygen atoms in total. The lowest BCUT2D eigenvalue weighted by Gasteiger charge is -2.36. The van der Waals surface area contributed by atoms with Crippen LogP contribution in [0.25, 0.3) is 17.0 Å². The summed E-state index contributed by atoms with van der Waals surface area (Å²) in [4.78, 5) is 16.4. The Labute approximate surface area is 203 Å². The van der Waals surface area contributed by atoms with E-state index in [4.69, 9.17) is 14.8 Å². The maximum absolute atomic E-state index is 13.9. The number of anilines is 2. The molecule has 1 aromatic carbocycles. The predicted molar refractivity (Wildman–Crippen MR) is 133 cm³/mol. The first-order valence-corrected chi connectivity index (χ1v) is 12.0. The van der Waals surface area contributed by atoms with Gasteiger partial charge in [-0.2, -0.15) is 0 Å². The normalized spacial score (nSPS) is 19.4. The number of aromatic nitrogens is 4. The maximum atomic E-state index is 13.9. The molecule has 4 aromatic rings. The van der Waals surface area contributed by atoms with Gasteiger partial charge in [0.2, 0.25) is 0 Å². The minimum absolute atomic E-state index is 0.116. The second-order valence-corrected chi connectivity index (χ2v) is 9.12. The number of fused-ring (bicyclic) bond motifs is 1. The van der Waals surface area contributed by atoms with E-state index in [9.17, 15) is 4.39 Å². The molecule has 0 amide bonds. The van der Waals surface area contributed by atoms with E-state index in [1.54, 1.807) is 12.1 Å². The van der Waals surface area contributed by atoms with Crippen molar-refractivity contribution in [1.82, 2.24) is 24.5 Å². The third kappa shape index (κ3) is 4.33. The summed E-state index contributed by atoms with van der Waals surface area (Å²) in [6, 6.07) is 16.6. The molecule has 0 bridgehead atoms. The molecule has 2 aliphatic rings. The zero-order chi connectivity index (χ0) is 23.8. The van der Waals surface area contributed by atoms with Crippen LogP contribution in [0, 0.1) is 5.82 Å². The Morgan fingerprint density at radius 1 is 0.943 bits per heavy atom. The monoisotopic (exact) mass is 473 g/mol. The van der Waals surface area contributed by atoms with Crippen molar-refractivity contribution in [1.29, 1.82) is 0 Å². The SMILES string of the molecule is CN1CCN(c2cccc(-c3cnc4ccc(N5CCOCC5c5cccc(F)c5)nn34)n2)CC1. The number of imidazole rings is 1. The summed E-state index contributed by atoms with van der Waals surface area (Å²) in [5.74, 6) is 1.52. The number of benzene rings is 1. The van der Waals surface area contributed by atoms with Gasteiger partial charge in [0.15, 0.2) is 5.65 Å². The minimum Gasteiger partial charge on any atom is -0.377 e. The molecule has 9 heteroatoms. The fourth-order valence-electron chi connectivity index (χ4n) is 4.84. The van der Waals surface area contributed by atoms with Crippen LogP contribution in [0.2, 0.25) is 0 Å². The van der Waals surface area contributed by atoms with Crippen molar-refractivity contribution in [3.8, 4) is 11.4 Å². The van der Waals surface area contributed by atoms with Gasteiger partial charge in [-0.1, -0.05) is 18.2 Å². The summed E-state index contributed by atoms with van der Waals surface area (Å²) in [5.41, 5.74) is 3.31. The van der Waals surface area contributed by atoms with Crippen molar-refractivity contribution < 1.29 is 9.13 Å². The molecule has 3 aromatic heterocycles. The van der Waals surface area contributed by atoms with Crippen LogP contribution in [0.1, 0.15) is 11.6 Å². The smallest absolute Gasteiger partial charge is 0.154 e. The van der Waals surface area contributed by atoms with E-state index in [1.807, 2.05) is 41.0 Å². The van der Waals surface area contributed by atoms with Gasteiger partial charge in [0.1, 0.15) is 23.1 Å². The van der Waals surface area contributed by atoms with Gasteiger partial charge in [-0.05, 0) is 49.0 Å². The molecule has 1 unspecified atom stereocenters. The van der Waals surface area contributed by atoms with Gasteiger partial charge < -0.3 is 19.4 Å². The molecular weight excluding hydrogens is 445 g/mol. The lowest BCUT2D eigenvalue weighted by Crippen LogP contribution is -2.44. The number of hydrogen-bond acceptors (Lipinski definition) is 7. The number of morpholine rings is 1. The molecule has 2 saturated heterocycles. The lowest BCUT2D eigenvalue weighted by molar-refractivity contribution is 0.0935.